The monoisotopic (exact) mass is 281 g/mol. The SMILES string of the molecule is CC1C(=O)NC(=O)CN1C(=O)CN1CCCCCC1=O. The van der Waals surface area contributed by atoms with Gasteiger partial charge in [-0.1, -0.05) is 6.42 Å². The number of carbonyl (C=O) groups excluding carboxylic acids is 4. The van der Waals surface area contributed by atoms with E-state index >= 15 is 0 Å². The first kappa shape index (κ1) is 14.5. The minimum absolute atomic E-state index is 0.0312. The maximum atomic E-state index is 12.2. The van der Waals surface area contributed by atoms with Gasteiger partial charge in [0.25, 0.3) is 0 Å². The molecule has 7 nitrogen and oxygen atoms in total. The second kappa shape index (κ2) is 6.02. The van der Waals surface area contributed by atoms with Crippen LogP contribution in [0.3, 0.4) is 0 Å². The molecule has 2 aliphatic rings. The Bertz CT molecular complexity index is 449. The second-order valence-corrected chi connectivity index (χ2v) is 5.24. The molecule has 0 saturated carbocycles. The molecular weight excluding hydrogens is 262 g/mol. The molecule has 2 fully saturated rings. The topological polar surface area (TPSA) is 86.8 Å². The standard InChI is InChI=1S/C13H19N3O4/c1-9-13(20)14-10(17)7-16(9)12(19)8-15-6-4-2-3-5-11(15)18/h9H,2-8H2,1H3,(H,14,17,20). The molecule has 0 aromatic rings. The Balaban J connectivity index is 2.01. The molecule has 4 amide bonds. The van der Waals surface area contributed by atoms with Gasteiger partial charge in [-0.2, -0.15) is 0 Å². The van der Waals surface area contributed by atoms with Crippen LogP contribution >= 0.6 is 0 Å². The van der Waals surface area contributed by atoms with Gasteiger partial charge in [-0.3, -0.25) is 24.5 Å². The fourth-order valence-electron chi connectivity index (χ4n) is 2.48. The van der Waals surface area contributed by atoms with E-state index in [0.717, 1.165) is 19.3 Å². The number of rotatable bonds is 2. The molecule has 20 heavy (non-hydrogen) atoms. The molecule has 1 atom stereocenters. The van der Waals surface area contributed by atoms with Gasteiger partial charge in [0.05, 0.1) is 6.54 Å². The van der Waals surface area contributed by atoms with E-state index in [1.807, 2.05) is 0 Å². The van der Waals surface area contributed by atoms with E-state index in [0.29, 0.717) is 13.0 Å². The lowest BCUT2D eigenvalue weighted by atomic mass is 10.2. The second-order valence-electron chi connectivity index (χ2n) is 5.24. The van der Waals surface area contributed by atoms with E-state index < -0.39 is 17.9 Å². The van der Waals surface area contributed by atoms with Crippen molar-refractivity contribution >= 4 is 23.6 Å². The van der Waals surface area contributed by atoms with Crippen molar-refractivity contribution in [2.45, 2.75) is 38.6 Å². The molecule has 0 aromatic heterocycles. The van der Waals surface area contributed by atoms with Crippen LogP contribution < -0.4 is 5.32 Å². The number of hydrogen-bond donors (Lipinski definition) is 1. The van der Waals surface area contributed by atoms with Crippen LogP contribution in [-0.2, 0) is 19.2 Å². The summed E-state index contributed by atoms with van der Waals surface area (Å²) in [6, 6.07) is -0.678. The van der Waals surface area contributed by atoms with Gasteiger partial charge in [0.2, 0.25) is 23.6 Å². The minimum atomic E-state index is -0.678. The quantitative estimate of drug-likeness (QED) is 0.676. The van der Waals surface area contributed by atoms with Crippen molar-refractivity contribution in [3.05, 3.63) is 0 Å². The van der Waals surface area contributed by atoms with E-state index in [9.17, 15) is 19.2 Å². The fraction of sp³-hybridized carbons (Fsp3) is 0.692. The molecule has 2 aliphatic heterocycles. The molecule has 0 radical (unpaired) electrons. The molecule has 0 spiro atoms. The molecule has 2 heterocycles. The lowest BCUT2D eigenvalue weighted by Gasteiger charge is -2.33. The van der Waals surface area contributed by atoms with Gasteiger partial charge >= 0.3 is 0 Å². The third-order valence-electron chi connectivity index (χ3n) is 3.74. The predicted octanol–water partition coefficient (Wildman–Crippen LogP) is -0.737. The molecule has 0 aliphatic carbocycles. The first-order valence-electron chi connectivity index (χ1n) is 6.90. The summed E-state index contributed by atoms with van der Waals surface area (Å²) in [5.74, 6) is -1.34. The zero-order valence-electron chi connectivity index (χ0n) is 11.6. The highest BCUT2D eigenvalue weighted by molar-refractivity contribution is 6.04. The lowest BCUT2D eigenvalue weighted by molar-refractivity contribution is -0.151. The van der Waals surface area contributed by atoms with E-state index in [1.54, 1.807) is 6.92 Å². The third-order valence-corrected chi connectivity index (χ3v) is 3.74. The zero-order chi connectivity index (χ0) is 14.7. The number of likely N-dealkylation sites (tertiary alicyclic amines) is 1. The highest BCUT2D eigenvalue weighted by Gasteiger charge is 2.34. The Labute approximate surface area is 117 Å². The Kier molecular flexibility index (Phi) is 4.36. The van der Waals surface area contributed by atoms with Gasteiger partial charge in [0.1, 0.15) is 12.6 Å². The van der Waals surface area contributed by atoms with Crippen LogP contribution in [-0.4, -0.2) is 59.1 Å². The van der Waals surface area contributed by atoms with Crippen molar-refractivity contribution in [1.29, 1.82) is 0 Å². The van der Waals surface area contributed by atoms with E-state index in [2.05, 4.69) is 5.32 Å². The summed E-state index contributed by atoms with van der Waals surface area (Å²) in [6.45, 7) is 1.95. The van der Waals surface area contributed by atoms with E-state index in [4.69, 9.17) is 0 Å². The number of piperazine rings is 1. The summed E-state index contributed by atoms with van der Waals surface area (Å²) in [4.78, 5) is 49.7. The summed E-state index contributed by atoms with van der Waals surface area (Å²) in [7, 11) is 0. The van der Waals surface area contributed by atoms with Gasteiger partial charge in [0, 0.05) is 13.0 Å². The smallest absolute Gasteiger partial charge is 0.249 e. The Morgan fingerprint density at radius 3 is 2.75 bits per heavy atom. The van der Waals surface area contributed by atoms with Crippen molar-refractivity contribution < 1.29 is 19.2 Å². The van der Waals surface area contributed by atoms with Gasteiger partial charge < -0.3 is 9.80 Å². The number of amides is 4. The van der Waals surface area contributed by atoms with Crippen molar-refractivity contribution in [2.75, 3.05) is 19.6 Å². The van der Waals surface area contributed by atoms with Gasteiger partial charge in [-0.25, -0.2) is 0 Å². The fourth-order valence-corrected chi connectivity index (χ4v) is 2.48. The van der Waals surface area contributed by atoms with Crippen molar-refractivity contribution in [3.8, 4) is 0 Å². The van der Waals surface area contributed by atoms with Crippen LogP contribution in [0.15, 0.2) is 0 Å². The Morgan fingerprint density at radius 2 is 2.00 bits per heavy atom. The molecule has 110 valence electrons. The molecule has 0 bridgehead atoms. The number of imide groups is 1. The first-order valence-corrected chi connectivity index (χ1v) is 6.90. The van der Waals surface area contributed by atoms with E-state index in [1.165, 1.54) is 9.80 Å². The highest BCUT2D eigenvalue weighted by Crippen LogP contribution is 2.12. The molecule has 1 N–H and O–H groups in total. The highest BCUT2D eigenvalue weighted by atomic mass is 16.2. The van der Waals surface area contributed by atoms with Crippen molar-refractivity contribution in [3.63, 3.8) is 0 Å². The molecule has 0 aromatic carbocycles. The third kappa shape index (κ3) is 3.15. The predicted molar refractivity (Wildman–Crippen MR) is 69.4 cm³/mol. The van der Waals surface area contributed by atoms with Gasteiger partial charge in [0.15, 0.2) is 0 Å². The van der Waals surface area contributed by atoms with E-state index in [-0.39, 0.29) is 24.9 Å². The van der Waals surface area contributed by atoms with Crippen LogP contribution in [0.1, 0.15) is 32.6 Å². The average molecular weight is 281 g/mol. The minimum Gasteiger partial charge on any atom is -0.333 e. The number of nitrogens with zero attached hydrogens (tertiary/aromatic N) is 2. The zero-order valence-corrected chi connectivity index (χ0v) is 11.6. The molecule has 1 unspecified atom stereocenters. The molecule has 2 rings (SSSR count). The average Bonchev–Trinajstić information content (AvgIpc) is 2.59. The van der Waals surface area contributed by atoms with Gasteiger partial charge in [-0.15, -0.1) is 0 Å². The largest absolute Gasteiger partial charge is 0.333 e. The maximum absolute atomic E-state index is 12.2. The molecule has 2 saturated heterocycles. The maximum Gasteiger partial charge on any atom is 0.249 e. The number of hydrogen-bond acceptors (Lipinski definition) is 4. The van der Waals surface area contributed by atoms with Crippen LogP contribution in [0.5, 0.6) is 0 Å². The Morgan fingerprint density at radius 1 is 1.25 bits per heavy atom. The number of carbonyl (C=O) groups is 4. The summed E-state index contributed by atoms with van der Waals surface area (Å²) in [6.07, 6.45) is 3.18. The first-order chi connectivity index (χ1) is 9.49. The van der Waals surface area contributed by atoms with Crippen molar-refractivity contribution in [2.24, 2.45) is 0 Å². The molecular formula is C13H19N3O4. The van der Waals surface area contributed by atoms with Gasteiger partial charge in [-0.05, 0) is 19.8 Å². The van der Waals surface area contributed by atoms with Crippen LogP contribution in [0.25, 0.3) is 0 Å². The van der Waals surface area contributed by atoms with Crippen LogP contribution in [0.2, 0.25) is 0 Å². The summed E-state index contributed by atoms with van der Waals surface area (Å²) in [5, 5.41) is 2.18. The van der Waals surface area contributed by atoms with Crippen LogP contribution in [0, 0.1) is 0 Å². The van der Waals surface area contributed by atoms with Crippen LogP contribution in [0.4, 0.5) is 0 Å². The summed E-state index contributed by atoms with van der Waals surface area (Å²) in [5.41, 5.74) is 0. The lowest BCUT2D eigenvalue weighted by Crippen LogP contribution is -2.60. The summed E-state index contributed by atoms with van der Waals surface area (Å²) < 4.78 is 0. The summed E-state index contributed by atoms with van der Waals surface area (Å²) >= 11 is 0. The Hall–Kier alpha value is -1.92. The molecule has 7 heteroatoms. The van der Waals surface area contributed by atoms with Crippen molar-refractivity contribution in [1.82, 2.24) is 15.1 Å². The number of nitrogens with one attached hydrogen (secondary N) is 1. The normalized spacial score (nSPS) is 24.4.